The first-order valence-electron chi connectivity index (χ1n) is 5.58. The maximum atomic E-state index is 9.28. The van der Waals surface area contributed by atoms with Crippen molar-refractivity contribution in [2.45, 2.75) is 45.8 Å². The second kappa shape index (κ2) is 5.65. The summed E-state index contributed by atoms with van der Waals surface area (Å²) in [5.41, 5.74) is 6.70. The molecule has 0 radical (unpaired) electrons. The van der Waals surface area contributed by atoms with Gasteiger partial charge in [-0.15, -0.1) is 0 Å². The van der Waals surface area contributed by atoms with Crippen molar-refractivity contribution in [2.75, 3.05) is 11.1 Å². The fourth-order valence-electron chi connectivity index (χ4n) is 1.70. The first kappa shape index (κ1) is 12.7. The number of nitrogen functional groups attached to an aromatic ring is 1. The van der Waals surface area contributed by atoms with Gasteiger partial charge in [0.05, 0.1) is 6.10 Å². The van der Waals surface area contributed by atoms with Gasteiger partial charge < -0.3 is 16.2 Å². The van der Waals surface area contributed by atoms with Crippen LogP contribution in [0.2, 0.25) is 0 Å². The molecular weight excluding hydrogens is 204 g/mol. The highest BCUT2D eigenvalue weighted by molar-refractivity contribution is 5.55. The molecule has 2 unspecified atom stereocenters. The molecule has 16 heavy (non-hydrogen) atoms. The highest BCUT2D eigenvalue weighted by atomic mass is 16.3. The highest BCUT2D eigenvalue weighted by Crippen LogP contribution is 2.19. The van der Waals surface area contributed by atoms with Gasteiger partial charge in [-0.05, 0) is 26.7 Å². The highest BCUT2D eigenvalue weighted by Gasteiger charge is 2.11. The molecule has 0 aliphatic carbocycles. The Hall–Kier alpha value is -1.36. The van der Waals surface area contributed by atoms with Gasteiger partial charge in [-0.3, -0.25) is 0 Å². The van der Waals surface area contributed by atoms with Gasteiger partial charge in [0, 0.05) is 11.6 Å². The van der Waals surface area contributed by atoms with Crippen LogP contribution in [0.1, 0.15) is 32.8 Å². The first-order chi connectivity index (χ1) is 7.54. The molecule has 1 rings (SSSR count). The van der Waals surface area contributed by atoms with E-state index in [1.807, 2.05) is 13.8 Å². The summed E-state index contributed by atoms with van der Waals surface area (Å²) in [5, 5.41) is 12.5. The maximum absolute atomic E-state index is 9.28. The summed E-state index contributed by atoms with van der Waals surface area (Å²) in [5.74, 6) is 1.28. The van der Waals surface area contributed by atoms with Gasteiger partial charge in [0.2, 0.25) is 0 Å². The number of hydrogen-bond acceptors (Lipinski definition) is 5. The van der Waals surface area contributed by atoms with Crippen molar-refractivity contribution in [2.24, 2.45) is 0 Å². The molecule has 0 bridgehead atoms. The molecule has 0 fully saturated rings. The molecule has 0 aliphatic heterocycles. The fraction of sp³-hybridized carbons (Fsp3) is 0.636. The zero-order valence-corrected chi connectivity index (χ0v) is 10.1. The van der Waals surface area contributed by atoms with Crippen LogP contribution in [0.4, 0.5) is 11.6 Å². The number of aliphatic hydroxyl groups excluding tert-OH is 1. The van der Waals surface area contributed by atoms with Crippen molar-refractivity contribution >= 4 is 11.6 Å². The van der Waals surface area contributed by atoms with Crippen LogP contribution in [0.5, 0.6) is 0 Å². The van der Waals surface area contributed by atoms with E-state index in [9.17, 15) is 5.11 Å². The normalized spacial score (nSPS) is 14.5. The van der Waals surface area contributed by atoms with Gasteiger partial charge in [-0.2, -0.15) is 0 Å². The minimum Gasteiger partial charge on any atom is -0.393 e. The average Bonchev–Trinajstić information content (AvgIpc) is 2.16. The van der Waals surface area contributed by atoms with E-state index in [1.165, 1.54) is 6.33 Å². The Morgan fingerprint density at radius 1 is 1.44 bits per heavy atom. The number of nitrogens with zero attached hydrogens (tertiary/aromatic N) is 2. The minimum absolute atomic E-state index is 0.152. The zero-order chi connectivity index (χ0) is 12.1. The molecule has 90 valence electrons. The average molecular weight is 224 g/mol. The van der Waals surface area contributed by atoms with Crippen molar-refractivity contribution in [3.63, 3.8) is 0 Å². The van der Waals surface area contributed by atoms with E-state index in [0.717, 1.165) is 17.8 Å². The summed E-state index contributed by atoms with van der Waals surface area (Å²) in [4.78, 5) is 8.13. The second-order valence-electron chi connectivity index (χ2n) is 4.07. The summed E-state index contributed by atoms with van der Waals surface area (Å²) in [6.45, 7) is 5.79. The Bertz CT molecular complexity index is 341. The number of rotatable bonds is 5. The van der Waals surface area contributed by atoms with Gasteiger partial charge in [0.1, 0.15) is 18.0 Å². The molecule has 4 N–H and O–H groups in total. The van der Waals surface area contributed by atoms with Crippen molar-refractivity contribution < 1.29 is 5.11 Å². The van der Waals surface area contributed by atoms with Crippen molar-refractivity contribution in [1.29, 1.82) is 0 Å². The van der Waals surface area contributed by atoms with E-state index in [4.69, 9.17) is 5.73 Å². The van der Waals surface area contributed by atoms with E-state index in [0.29, 0.717) is 12.2 Å². The SMILES string of the molecule is CCc1c(N)ncnc1NC(C)CC(C)O. The molecule has 0 saturated heterocycles. The van der Waals surface area contributed by atoms with Gasteiger partial charge in [-0.1, -0.05) is 6.92 Å². The van der Waals surface area contributed by atoms with Crippen LogP contribution in [0.15, 0.2) is 6.33 Å². The van der Waals surface area contributed by atoms with E-state index < -0.39 is 0 Å². The van der Waals surface area contributed by atoms with Gasteiger partial charge in [0.15, 0.2) is 0 Å². The molecule has 0 aromatic carbocycles. The van der Waals surface area contributed by atoms with E-state index in [2.05, 4.69) is 15.3 Å². The summed E-state index contributed by atoms with van der Waals surface area (Å²) < 4.78 is 0. The Kier molecular flexibility index (Phi) is 4.49. The molecule has 2 atom stereocenters. The van der Waals surface area contributed by atoms with Crippen LogP contribution in [0.25, 0.3) is 0 Å². The van der Waals surface area contributed by atoms with Crippen LogP contribution < -0.4 is 11.1 Å². The molecule has 0 saturated carbocycles. The van der Waals surface area contributed by atoms with Gasteiger partial charge >= 0.3 is 0 Å². The molecular formula is C11H20N4O. The lowest BCUT2D eigenvalue weighted by atomic mass is 10.1. The van der Waals surface area contributed by atoms with E-state index in [-0.39, 0.29) is 12.1 Å². The van der Waals surface area contributed by atoms with Crippen LogP contribution >= 0.6 is 0 Å². The summed E-state index contributed by atoms with van der Waals surface area (Å²) in [6, 6.07) is 0.152. The fourth-order valence-corrected chi connectivity index (χ4v) is 1.70. The summed E-state index contributed by atoms with van der Waals surface area (Å²) in [6.07, 6.45) is 2.59. The van der Waals surface area contributed by atoms with E-state index in [1.54, 1.807) is 6.92 Å². The summed E-state index contributed by atoms with van der Waals surface area (Å²) in [7, 11) is 0. The molecule has 1 aromatic heterocycles. The standard InChI is InChI=1S/C11H20N4O/c1-4-9-10(12)13-6-14-11(9)15-7(2)5-8(3)16/h6-8,16H,4-5H2,1-3H3,(H3,12,13,14,15). The third kappa shape index (κ3) is 3.34. The third-order valence-electron chi connectivity index (χ3n) is 2.41. The molecule has 1 heterocycles. The lowest BCUT2D eigenvalue weighted by Crippen LogP contribution is -2.22. The van der Waals surface area contributed by atoms with Crippen molar-refractivity contribution in [3.8, 4) is 0 Å². The van der Waals surface area contributed by atoms with E-state index >= 15 is 0 Å². The maximum Gasteiger partial charge on any atom is 0.134 e. The third-order valence-corrected chi connectivity index (χ3v) is 2.41. The van der Waals surface area contributed by atoms with Crippen LogP contribution in [-0.2, 0) is 6.42 Å². The van der Waals surface area contributed by atoms with Crippen LogP contribution in [0, 0.1) is 0 Å². The Balaban J connectivity index is 2.76. The minimum atomic E-state index is -0.327. The number of aliphatic hydroxyl groups is 1. The molecule has 0 amide bonds. The van der Waals surface area contributed by atoms with Crippen LogP contribution in [0.3, 0.4) is 0 Å². The van der Waals surface area contributed by atoms with Gasteiger partial charge in [0.25, 0.3) is 0 Å². The van der Waals surface area contributed by atoms with Crippen LogP contribution in [-0.4, -0.2) is 27.2 Å². The molecule has 5 heteroatoms. The number of nitrogens with two attached hydrogens (primary N) is 1. The van der Waals surface area contributed by atoms with Gasteiger partial charge in [-0.25, -0.2) is 9.97 Å². The largest absolute Gasteiger partial charge is 0.393 e. The number of nitrogens with one attached hydrogen (secondary N) is 1. The number of aromatic nitrogens is 2. The summed E-state index contributed by atoms with van der Waals surface area (Å²) >= 11 is 0. The predicted molar refractivity (Wildman–Crippen MR) is 65.2 cm³/mol. The monoisotopic (exact) mass is 224 g/mol. The quantitative estimate of drug-likeness (QED) is 0.699. The molecule has 0 aliphatic rings. The lowest BCUT2D eigenvalue weighted by Gasteiger charge is -2.18. The number of anilines is 2. The second-order valence-corrected chi connectivity index (χ2v) is 4.07. The topological polar surface area (TPSA) is 84.1 Å². The lowest BCUT2D eigenvalue weighted by molar-refractivity contribution is 0.179. The molecule has 5 nitrogen and oxygen atoms in total. The Morgan fingerprint density at radius 2 is 2.12 bits per heavy atom. The predicted octanol–water partition coefficient (Wildman–Crippen LogP) is 1.19. The van der Waals surface area contributed by atoms with Crippen molar-refractivity contribution in [3.05, 3.63) is 11.9 Å². The smallest absolute Gasteiger partial charge is 0.134 e. The number of hydrogen-bond donors (Lipinski definition) is 3. The van der Waals surface area contributed by atoms with Crippen molar-refractivity contribution in [1.82, 2.24) is 9.97 Å². The molecule has 1 aromatic rings. The zero-order valence-electron chi connectivity index (χ0n) is 10.1. The molecule has 0 spiro atoms. The Morgan fingerprint density at radius 3 is 2.69 bits per heavy atom. The first-order valence-corrected chi connectivity index (χ1v) is 5.58. The Labute approximate surface area is 96.1 Å².